The van der Waals surface area contributed by atoms with Crippen LogP contribution in [0.5, 0.6) is 0 Å². The first-order valence-corrected chi connectivity index (χ1v) is 8.23. The zero-order valence-corrected chi connectivity index (χ0v) is 14.4. The van der Waals surface area contributed by atoms with Gasteiger partial charge in [0.1, 0.15) is 5.69 Å². The minimum Gasteiger partial charge on any atom is -0.387 e. The van der Waals surface area contributed by atoms with E-state index in [1.165, 1.54) is 0 Å². The Labute approximate surface area is 152 Å². The van der Waals surface area contributed by atoms with Crippen molar-refractivity contribution in [1.82, 2.24) is 9.97 Å². The van der Waals surface area contributed by atoms with E-state index >= 15 is 0 Å². The van der Waals surface area contributed by atoms with Gasteiger partial charge in [0.05, 0.1) is 18.3 Å². The van der Waals surface area contributed by atoms with Gasteiger partial charge in [-0.2, -0.15) is 0 Å². The van der Waals surface area contributed by atoms with Crippen LogP contribution in [-0.4, -0.2) is 34.6 Å². The Kier molecular flexibility index (Phi) is 5.24. The molecule has 0 fully saturated rings. The van der Waals surface area contributed by atoms with Crippen LogP contribution in [0, 0.1) is 0 Å². The smallest absolute Gasteiger partial charge is 0.267 e. The Morgan fingerprint density at radius 3 is 2.31 bits per heavy atom. The molecule has 0 radical (unpaired) electrons. The molecule has 0 aliphatic heterocycles. The summed E-state index contributed by atoms with van der Waals surface area (Å²) < 4.78 is 0. The molecule has 0 aliphatic rings. The van der Waals surface area contributed by atoms with Crippen molar-refractivity contribution in [1.29, 1.82) is 0 Å². The van der Waals surface area contributed by atoms with Gasteiger partial charge in [0, 0.05) is 12.6 Å². The van der Waals surface area contributed by atoms with E-state index in [-0.39, 0.29) is 12.2 Å². The van der Waals surface area contributed by atoms with Crippen LogP contribution in [-0.2, 0) is 0 Å². The zero-order valence-electron chi connectivity index (χ0n) is 14.4. The molecule has 0 spiro atoms. The third-order valence-corrected chi connectivity index (χ3v) is 4.01. The first kappa shape index (κ1) is 17.6. The standard InChI is InChI=1S/C20H20N4O2/c1-24(13-18(25)15-10-6-3-7-11-15)20-22-16(12-17(23-20)19(21)26)14-8-4-2-5-9-14/h2-12,18,25H,13H2,1H3,(H2,21,26). The molecule has 1 unspecified atom stereocenters. The highest BCUT2D eigenvalue weighted by atomic mass is 16.3. The van der Waals surface area contributed by atoms with Crippen LogP contribution in [0.3, 0.4) is 0 Å². The predicted octanol–water partition coefficient (Wildman–Crippen LogP) is 2.41. The summed E-state index contributed by atoms with van der Waals surface area (Å²) >= 11 is 0. The van der Waals surface area contributed by atoms with Crippen molar-refractivity contribution in [2.24, 2.45) is 5.73 Å². The fourth-order valence-corrected chi connectivity index (χ4v) is 2.61. The fraction of sp³-hybridized carbons (Fsp3) is 0.150. The highest BCUT2D eigenvalue weighted by molar-refractivity contribution is 5.92. The highest BCUT2D eigenvalue weighted by Gasteiger charge is 2.16. The summed E-state index contributed by atoms with van der Waals surface area (Å²) in [5, 5.41) is 10.4. The van der Waals surface area contributed by atoms with Gasteiger partial charge >= 0.3 is 0 Å². The second-order valence-electron chi connectivity index (χ2n) is 5.98. The van der Waals surface area contributed by atoms with Gasteiger partial charge in [-0.3, -0.25) is 4.79 Å². The number of nitrogens with zero attached hydrogens (tertiary/aromatic N) is 3. The number of carbonyl (C=O) groups excluding carboxylic acids is 1. The molecule has 3 aromatic rings. The largest absolute Gasteiger partial charge is 0.387 e. The summed E-state index contributed by atoms with van der Waals surface area (Å²) in [5.74, 6) is -0.294. The van der Waals surface area contributed by atoms with Crippen LogP contribution in [0.1, 0.15) is 22.2 Å². The normalized spacial score (nSPS) is 11.8. The molecule has 3 N–H and O–H groups in total. The van der Waals surface area contributed by atoms with Gasteiger partial charge in [-0.15, -0.1) is 0 Å². The number of hydrogen-bond donors (Lipinski definition) is 2. The Balaban J connectivity index is 1.91. The van der Waals surface area contributed by atoms with Crippen molar-refractivity contribution < 1.29 is 9.90 Å². The van der Waals surface area contributed by atoms with Gasteiger partial charge in [0.15, 0.2) is 0 Å². The van der Waals surface area contributed by atoms with E-state index in [0.717, 1.165) is 11.1 Å². The molecular weight excluding hydrogens is 328 g/mol. The number of amides is 1. The van der Waals surface area contributed by atoms with Crippen LogP contribution >= 0.6 is 0 Å². The van der Waals surface area contributed by atoms with E-state index in [4.69, 9.17) is 5.73 Å². The van der Waals surface area contributed by atoms with Crippen LogP contribution in [0.15, 0.2) is 66.7 Å². The third-order valence-electron chi connectivity index (χ3n) is 4.01. The molecule has 132 valence electrons. The lowest BCUT2D eigenvalue weighted by Crippen LogP contribution is -2.27. The molecule has 1 heterocycles. The fourth-order valence-electron chi connectivity index (χ4n) is 2.61. The summed E-state index contributed by atoms with van der Waals surface area (Å²) in [6, 6.07) is 20.4. The maximum absolute atomic E-state index is 11.7. The summed E-state index contributed by atoms with van der Waals surface area (Å²) in [4.78, 5) is 22.1. The lowest BCUT2D eigenvalue weighted by molar-refractivity contribution is 0.0995. The first-order chi connectivity index (χ1) is 12.5. The van der Waals surface area contributed by atoms with E-state index in [1.54, 1.807) is 18.0 Å². The van der Waals surface area contributed by atoms with Crippen molar-refractivity contribution in [2.45, 2.75) is 6.10 Å². The quantitative estimate of drug-likeness (QED) is 0.714. The summed E-state index contributed by atoms with van der Waals surface area (Å²) in [7, 11) is 1.76. The lowest BCUT2D eigenvalue weighted by Gasteiger charge is -2.22. The molecule has 1 aromatic heterocycles. The van der Waals surface area contributed by atoms with Crippen LogP contribution in [0.4, 0.5) is 5.95 Å². The van der Waals surface area contributed by atoms with Crippen molar-refractivity contribution >= 4 is 11.9 Å². The average molecular weight is 348 g/mol. The van der Waals surface area contributed by atoms with E-state index in [1.807, 2.05) is 60.7 Å². The molecule has 1 atom stereocenters. The molecule has 6 nitrogen and oxygen atoms in total. The first-order valence-electron chi connectivity index (χ1n) is 8.23. The Bertz CT molecular complexity index is 885. The third kappa shape index (κ3) is 4.04. The minimum atomic E-state index is -0.706. The number of carbonyl (C=O) groups is 1. The summed E-state index contributed by atoms with van der Waals surface area (Å²) in [6.45, 7) is 0.278. The van der Waals surface area contributed by atoms with Crippen molar-refractivity contribution in [2.75, 3.05) is 18.5 Å². The number of aliphatic hydroxyl groups excluding tert-OH is 1. The number of aliphatic hydroxyl groups is 1. The predicted molar refractivity (Wildman–Crippen MR) is 101 cm³/mol. The number of benzene rings is 2. The molecule has 0 saturated carbocycles. The van der Waals surface area contributed by atoms with Gasteiger partial charge in [0.2, 0.25) is 5.95 Å². The van der Waals surface area contributed by atoms with E-state index in [9.17, 15) is 9.90 Å². The highest BCUT2D eigenvalue weighted by Crippen LogP contribution is 2.22. The SMILES string of the molecule is CN(CC(O)c1ccccc1)c1nc(C(N)=O)cc(-c2ccccc2)n1. The van der Waals surface area contributed by atoms with Gasteiger partial charge in [-0.25, -0.2) is 9.97 Å². The number of aromatic nitrogens is 2. The number of hydrogen-bond acceptors (Lipinski definition) is 5. The average Bonchev–Trinajstić information content (AvgIpc) is 2.68. The molecule has 1 amide bonds. The molecule has 0 bridgehead atoms. The van der Waals surface area contributed by atoms with Gasteiger partial charge in [-0.1, -0.05) is 60.7 Å². The van der Waals surface area contributed by atoms with E-state index < -0.39 is 12.0 Å². The Morgan fingerprint density at radius 1 is 1.08 bits per heavy atom. The van der Waals surface area contributed by atoms with Crippen LogP contribution < -0.4 is 10.6 Å². The monoisotopic (exact) mass is 348 g/mol. The van der Waals surface area contributed by atoms with E-state index in [2.05, 4.69) is 9.97 Å². The Morgan fingerprint density at radius 2 is 1.69 bits per heavy atom. The van der Waals surface area contributed by atoms with Crippen molar-refractivity contribution in [3.63, 3.8) is 0 Å². The van der Waals surface area contributed by atoms with Crippen molar-refractivity contribution in [3.8, 4) is 11.3 Å². The summed E-state index contributed by atoms with van der Waals surface area (Å²) in [6.07, 6.45) is -0.706. The summed E-state index contributed by atoms with van der Waals surface area (Å²) in [5.41, 5.74) is 7.82. The molecule has 0 aliphatic carbocycles. The molecular formula is C20H20N4O2. The number of rotatable bonds is 6. The topological polar surface area (TPSA) is 92.3 Å². The zero-order chi connectivity index (χ0) is 18.5. The number of nitrogens with two attached hydrogens (primary N) is 1. The number of primary amides is 1. The van der Waals surface area contributed by atoms with Crippen molar-refractivity contribution in [3.05, 3.63) is 78.0 Å². The maximum atomic E-state index is 11.7. The molecule has 26 heavy (non-hydrogen) atoms. The number of likely N-dealkylation sites (N-methyl/N-ethyl adjacent to an activating group) is 1. The molecule has 3 rings (SSSR count). The Hall–Kier alpha value is -3.25. The second-order valence-corrected chi connectivity index (χ2v) is 5.98. The van der Waals surface area contributed by atoms with Gasteiger partial charge in [0.25, 0.3) is 5.91 Å². The molecule has 6 heteroatoms. The molecule has 0 saturated heterocycles. The van der Waals surface area contributed by atoms with Gasteiger partial charge in [-0.05, 0) is 11.6 Å². The second kappa shape index (κ2) is 7.76. The lowest BCUT2D eigenvalue weighted by atomic mass is 10.1. The van der Waals surface area contributed by atoms with Crippen LogP contribution in [0.2, 0.25) is 0 Å². The van der Waals surface area contributed by atoms with E-state index in [0.29, 0.717) is 11.6 Å². The molecule has 2 aromatic carbocycles. The number of anilines is 1. The maximum Gasteiger partial charge on any atom is 0.267 e. The minimum absolute atomic E-state index is 0.134. The van der Waals surface area contributed by atoms with Crippen LogP contribution in [0.25, 0.3) is 11.3 Å². The van der Waals surface area contributed by atoms with Gasteiger partial charge < -0.3 is 15.7 Å².